The fourth-order valence-corrected chi connectivity index (χ4v) is 2.07. The van der Waals surface area contributed by atoms with E-state index in [1.54, 1.807) is 10.7 Å². The molecule has 3 aromatic rings. The molecule has 3 heterocycles. The Morgan fingerprint density at radius 2 is 2.20 bits per heavy atom. The van der Waals surface area contributed by atoms with E-state index < -0.39 is 0 Å². The van der Waals surface area contributed by atoms with Gasteiger partial charge in [0.1, 0.15) is 0 Å². The number of fused-ring (bicyclic) bond motifs is 1. The first-order valence-corrected chi connectivity index (χ1v) is 5.18. The molecule has 0 saturated heterocycles. The SMILES string of the molecule is Nc1nnc(-c2cnn3ccccc23)s1. The predicted octanol–water partition coefficient (Wildman–Crippen LogP) is 1.43. The number of aromatic nitrogens is 4. The third kappa shape index (κ3) is 1.26. The Morgan fingerprint density at radius 3 is 3.00 bits per heavy atom. The van der Waals surface area contributed by atoms with Crippen molar-refractivity contribution in [1.29, 1.82) is 0 Å². The summed E-state index contributed by atoms with van der Waals surface area (Å²) in [5.74, 6) is 0. The number of nitrogens with zero attached hydrogens (tertiary/aromatic N) is 4. The van der Waals surface area contributed by atoms with Crippen LogP contribution in [0, 0.1) is 0 Å². The number of hydrogen-bond donors (Lipinski definition) is 1. The lowest BCUT2D eigenvalue weighted by molar-refractivity contribution is 0.961. The lowest BCUT2D eigenvalue weighted by atomic mass is 10.3. The van der Waals surface area contributed by atoms with E-state index >= 15 is 0 Å². The highest BCUT2D eigenvalue weighted by Gasteiger charge is 2.10. The van der Waals surface area contributed by atoms with Crippen LogP contribution in [0.4, 0.5) is 5.13 Å². The molecule has 0 amide bonds. The molecule has 0 aliphatic heterocycles. The lowest BCUT2D eigenvalue weighted by Crippen LogP contribution is -1.83. The summed E-state index contributed by atoms with van der Waals surface area (Å²) in [6, 6.07) is 5.88. The van der Waals surface area contributed by atoms with Gasteiger partial charge in [-0.15, -0.1) is 10.2 Å². The Morgan fingerprint density at radius 1 is 1.27 bits per heavy atom. The number of pyridine rings is 1. The summed E-state index contributed by atoms with van der Waals surface area (Å²) in [5, 5.41) is 13.3. The van der Waals surface area contributed by atoms with Gasteiger partial charge in [0, 0.05) is 6.20 Å². The molecule has 0 bridgehead atoms. The molecule has 15 heavy (non-hydrogen) atoms. The van der Waals surface area contributed by atoms with Crippen LogP contribution in [0.5, 0.6) is 0 Å². The number of rotatable bonds is 1. The first-order valence-electron chi connectivity index (χ1n) is 4.36. The molecule has 0 fully saturated rings. The van der Waals surface area contributed by atoms with Gasteiger partial charge in [-0.3, -0.25) is 0 Å². The van der Waals surface area contributed by atoms with E-state index in [4.69, 9.17) is 5.73 Å². The number of anilines is 1. The highest BCUT2D eigenvalue weighted by molar-refractivity contribution is 7.18. The van der Waals surface area contributed by atoms with Crippen molar-refractivity contribution < 1.29 is 0 Å². The van der Waals surface area contributed by atoms with E-state index in [2.05, 4.69) is 15.3 Å². The Kier molecular flexibility index (Phi) is 1.69. The molecule has 0 spiro atoms. The van der Waals surface area contributed by atoms with Crippen LogP contribution < -0.4 is 5.73 Å². The molecule has 5 nitrogen and oxygen atoms in total. The van der Waals surface area contributed by atoms with Crippen LogP contribution in [0.1, 0.15) is 0 Å². The van der Waals surface area contributed by atoms with E-state index in [-0.39, 0.29) is 0 Å². The first kappa shape index (κ1) is 8.37. The van der Waals surface area contributed by atoms with Crippen LogP contribution in [-0.4, -0.2) is 19.8 Å². The second kappa shape index (κ2) is 3.03. The topological polar surface area (TPSA) is 69.1 Å². The molecule has 6 heteroatoms. The summed E-state index contributed by atoms with van der Waals surface area (Å²) in [7, 11) is 0. The smallest absolute Gasteiger partial charge is 0.203 e. The van der Waals surface area contributed by atoms with Gasteiger partial charge in [0.05, 0.1) is 17.3 Å². The monoisotopic (exact) mass is 217 g/mol. The molecule has 0 aliphatic carbocycles. The number of nitrogens with two attached hydrogens (primary N) is 1. The van der Waals surface area contributed by atoms with Crippen LogP contribution in [0.2, 0.25) is 0 Å². The van der Waals surface area contributed by atoms with Crippen molar-refractivity contribution in [1.82, 2.24) is 19.8 Å². The van der Waals surface area contributed by atoms with Crippen molar-refractivity contribution in [3.05, 3.63) is 30.6 Å². The second-order valence-electron chi connectivity index (χ2n) is 3.03. The van der Waals surface area contributed by atoms with Crippen molar-refractivity contribution in [2.75, 3.05) is 5.73 Å². The van der Waals surface area contributed by atoms with E-state index in [1.165, 1.54) is 11.3 Å². The average molecular weight is 217 g/mol. The van der Waals surface area contributed by atoms with Gasteiger partial charge in [0.2, 0.25) is 5.13 Å². The first-order chi connectivity index (χ1) is 7.34. The summed E-state index contributed by atoms with van der Waals surface area (Å²) < 4.78 is 1.80. The Bertz CT molecular complexity index is 612. The normalized spacial score (nSPS) is 10.9. The predicted molar refractivity (Wildman–Crippen MR) is 58.5 cm³/mol. The van der Waals surface area contributed by atoms with E-state index in [9.17, 15) is 0 Å². The molecule has 0 radical (unpaired) electrons. The quantitative estimate of drug-likeness (QED) is 0.669. The van der Waals surface area contributed by atoms with E-state index in [1.807, 2.05) is 24.4 Å². The minimum atomic E-state index is 0.472. The lowest BCUT2D eigenvalue weighted by Gasteiger charge is -1.92. The highest BCUT2D eigenvalue weighted by Crippen LogP contribution is 2.27. The molecule has 0 aliphatic rings. The minimum absolute atomic E-state index is 0.472. The minimum Gasteiger partial charge on any atom is -0.374 e. The summed E-state index contributed by atoms with van der Waals surface area (Å²) in [4.78, 5) is 0. The molecule has 0 unspecified atom stereocenters. The van der Waals surface area contributed by atoms with Crippen LogP contribution in [0.25, 0.3) is 16.1 Å². The molecule has 3 rings (SSSR count). The zero-order valence-electron chi connectivity index (χ0n) is 7.66. The van der Waals surface area contributed by atoms with Gasteiger partial charge in [-0.25, -0.2) is 4.52 Å². The van der Waals surface area contributed by atoms with Gasteiger partial charge in [-0.2, -0.15) is 5.10 Å². The summed E-state index contributed by atoms with van der Waals surface area (Å²) in [6.45, 7) is 0. The third-order valence-electron chi connectivity index (χ3n) is 2.10. The summed E-state index contributed by atoms with van der Waals surface area (Å²) in [6.07, 6.45) is 3.67. The Labute approximate surface area is 89.2 Å². The maximum absolute atomic E-state index is 5.55. The average Bonchev–Trinajstić information content (AvgIpc) is 2.83. The number of hydrogen-bond acceptors (Lipinski definition) is 5. The van der Waals surface area contributed by atoms with E-state index in [0.717, 1.165) is 16.1 Å². The standard InChI is InChI=1S/C9H7N5S/c10-9-13-12-8(15-9)6-5-11-14-4-2-1-3-7(6)14/h1-5H,(H2,10,13). The largest absolute Gasteiger partial charge is 0.374 e. The fraction of sp³-hybridized carbons (Fsp3) is 0. The second-order valence-corrected chi connectivity index (χ2v) is 4.04. The molecule has 74 valence electrons. The highest BCUT2D eigenvalue weighted by atomic mass is 32.1. The molecule has 0 aromatic carbocycles. The maximum atomic E-state index is 5.55. The Hall–Kier alpha value is -1.95. The molecule has 0 atom stereocenters. The fourth-order valence-electron chi connectivity index (χ4n) is 1.44. The molecule has 2 N–H and O–H groups in total. The Balaban J connectivity index is 2.27. The van der Waals surface area contributed by atoms with Crippen LogP contribution in [0.3, 0.4) is 0 Å². The van der Waals surface area contributed by atoms with Gasteiger partial charge in [-0.1, -0.05) is 17.4 Å². The van der Waals surface area contributed by atoms with Gasteiger partial charge in [-0.05, 0) is 12.1 Å². The van der Waals surface area contributed by atoms with Crippen LogP contribution in [0.15, 0.2) is 30.6 Å². The third-order valence-corrected chi connectivity index (χ3v) is 2.88. The molecule has 0 saturated carbocycles. The zero-order valence-corrected chi connectivity index (χ0v) is 8.48. The van der Waals surface area contributed by atoms with Gasteiger partial charge in [0.15, 0.2) is 5.01 Å². The number of nitrogen functional groups attached to an aromatic ring is 1. The molecular formula is C9H7N5S. The molecule has 3 aromatic heterocycles. The van der Waals surface area contributed by atoms with Crippen molar-refractivity contribution >= 4 is 22.0 Å². The van der Waals surface area contributed by atoms with E-state index in [0.29, 0.717) is 5.13 Å². The summed E-state index contributed by atoms with van der Waals surface area (Å²) in [5.41, 5.74) is 7.52. The van der Waals surface area contributed by atoms with Crippen molar-refractivity contribution in [2.24, 2.45) is 0 Å². The molecular weight excluding hydrogens is 210 g/mol. The van der Waals surface area contributed by atoms with Crippen LogP contribution in [-0.2, 0) is 0 Å². The zero-order chi connectivity index (χ0) is 10.3. The summed E-state index contributed by atoms with van der Waals surface area (Å²) >= 11 is 1.36. The van der Waals surface area contributed by atoms with Gasteiger partial charge < -0.3 is 5.73 Å². The maximum Gasteiger partial charge on any atom is 0.203 e. The van der Waals surface area contributed by atoms with Crippen molar-refractivity contribution in [3.63, 3.8) is 0 Å². The van der Waals surface area contributed by atoms with Gasteiger partial charge >= 0.3 is 0 Å². The van der Waals surface area contributed by atoms with Gasteiger partial charge in [0.25, 0.3) is 0 Å². The van der Waals surface area contributed by atoms with Crippen molar-refractivity contribution in [2.45, 2.75) is 0 Å². The van der Waals surface area contributed by atoms with Crippen molar-refractivity contribution in [3.8, 4) is 10.6 Å². The van der Waals surface area contributed by atoms with Crippen LogP contribution >= 0.6 is 11.3 Å².